The van der Waals surface area contributed by atoms with Gasteiger partial charge in [0.2, 0.25) is 5.91 Å². The van der Waals surface area contributed by atoms with Crippen LogP contribution in [-0.2, 0) is 4.79 Å². The second kappa shape index (κ2) is 8.56. The van der Waals surface area contributed by atoms with Crippen LogP contribution in [0.15, 0.2) is 24.3 Å². The molecule has 0 saturated heterocycles. The van der Waals surface area contributed by atoms with Crippen LogP contribution in [0.1, 0.15) is 44.7 Å². The molecule has 0 spiro atoms. The van der Waals surface area contributed by atoms with Gasteiger partial charge in [-0.25, -0.2) is 0 Å². The molecule has 0 radical (unpaired) electrons. The predicted molar refractivity (Wildman–Crippen MR) is 77.1 cm³/mol. The van der Waals surface area contributed by atoms with Gasteiger partial charge in [0.1, 0.15) is 5.75 Å². The number of carbonyl (C=O) groups excluding carboxylic acids is 1. The number of benzene rings is 1. The van der Waals surface area contributed by atoms with E-state index in [-0.39, 0.29) is 11.7 Å². The molecule has 21 heavy (non-hydrogen) atoms. The highest BCUT2D eigenvalue weighted by Crippen LogP contribution is 2.26. The molecule has 6 heteroatoms. The van der Waals surface area contributed by atoms with E-state index in [1.165, 1.54) is 6.07 Å². The van der Waals surface area contributed by atoms with Crippen LogP contribution in [0.5, 0.6) is 5.75 Å². The smallest absolute Gasteiger partial charge is 0.387 e. The summed E-state index contributed by atoms with van der Waals surface area (Å²) < 4.78 is 29.2. The van der Waals surface area contributed by atoms with E-state index in [1.54, 1.807) is 25.1 Å². The van der Waals surface area contributed by atoms with Gasteiger partial charge in [-0.2, -0.15) is 8.78 Å². The Morgan fingerprint density at radius 2 is 2.05 bits per heavy atom. The van der Waals surface area contributed by atoms with Crippen molar-refractivity contribution < 1.29 is 18.3 Å². The molecular weight excluding hydrogens is 278 g/mol. The summed E-state index contributed by atoms with van der Waals surface area (Å²) in [6, 6.07) is 5.34. The van der Waals surface area contributed by atoms with Crippen molar-refractivity contribution in [1.29, 1.82) is 0 Å². The number of hydrogen-bond donors (Lipinski definition) is 2. The molecule has 4 nitrogen and oxygen atoms in total. The highest BCUT2D eigenvalue weighted by Gasteiger charge is 2.19. The molecule has 2 atom stereocenters. The lowest BCUT2D eigenvalue weighted by atomic mass is 10.1. The van der Waals surface area contributed by atoms with Gasteiger partial charge in [0.25, 0.3) is 0 Å². The van der Waals surface area contributed by atoms with E-state index in [9.17, 15) is 13.6 Å². The normalized spacial score (nSPS) is 13.8. The van der Waals surface area contributed by atoms with Gasteiger partial charge in [-0.3, -0.25) is 4.79 Å². The first-order chi connectivity index (χ1) is 9.95. The molecule has 2 unspecified atom stereocenters. The van der Waals surface area contributed by atoms with Crippen LogP contribution in [-0.4, -0.2) is 18.6 Å². The highest BCUT2D eigenvalue weighted by molar-refractivity contribution is 5.81. The van der Waals surface area contributed by atoms with Crippen LogP contribution < -0.4 is 15.8 Å². The van der Waals surface area contributed by atoms with E-state index in [1.807, 2.05) is 6.92 Å². The zero-order chi connectivity index (χ0) is 15.8. The summed E-state index contributed by atoms with van der Waals surface area (Å²) in [7, 11) is 0. The molecule has 0 bridgehead atoms. The molecular formula is C15H22F2N2O2. The van der Waals surface area contributed by atoms with E-state index in [2.05, 4.69) is 10.1 Å². The third-order valence-corrected chi connectivity index (χ3v) is 3.17. The first-order valence-electron chi connectivity index (χ1n) is 7.05. The number of ether oxygens (including phenoxy) is 1. The Balaban J connectivity index is 2.70. The average Bonchev–Trinajstić information content (AvgIpc) is 2.44. The van der Waals surface area contributed by atoms with Crippen LogP contribution in [0.4, 0.5) is 8.78 Å². The van der Waals surface area contributed by atoms with E-state index >= 15 is 0 Å². The lowest BCUT2D eigenvalue weighted by Gasteiger charge is -2.20. The Hall–Kier alpha value is -1.69. The zero-order valence-corrected chi connectivity index (χ0v) is 12.3. The monoisotopic (exact) mass is 300 g/mol. The van der Waals surface area contributed by atoms with Crippen LogP contribution in [0.25, 0.3) is 0 Å². The topological polar surface area (TPSA) is 64.4 Å². The Morgan fingerprint density at radius 3 is 2.67 bits per heavy atom. The molecule has 3 N–H and O–H groups in total. The highest BCUT2D eigenvalue weighted by atomic mass is 19.3. The fourth-order valence-corrected chi connectivity index (χ4v) is 1.99. The van der Waals surface area contributed by atoms with Crippen molar-refractivity contribution in [3.05, 3.63) is 29.8 Å². The maximum Gasteiger partial charge on any atom is 0.387 e. The molecule has 0 aliphatic heterocycles. The number of alkyl halides is 2. The quantitative estimate of drug-likeness (QED) is 0.775. The minimum Gasteiger partial charge on any atom is -0.434 e. The standard InChI is InChI=1S/C15H22F2N2O2/c1-3-4-8-12(18)14(20)19-10(2)11-7-5-6-9-13(11)21-15(16)17/h5-7,9-10,12,15H,3-4,8,18H2,1-2H3,(H,19,20). The number of halogens is 2. The fraction of sp³-hybridized carbons (Fsp3) is 0.533. The lowest BCUT2D eigenvalue weighted by molar-refractivity contribution is -0.123. The molecule has 0 saturated carbocycles. The summed E-state index contributed by atoms with van der Waals surface area (Å²) in [5.74, 6) is -0.231. The minimum atomic E-state index is -2.90. The molecule has 0 aliphatic carbocycles. The predicted octanol–water partition coefficient (Wildman–Crippen LogP) is 2.98. The summed E-state index contributed by atoms with van der Waals surface area (Å²) in [5, 5.41) is 2.73. The number of rotatable bonds is 8. The number of amides is 1. The molecule has 118 valence electrons. The molecule has 0 aromatic heterocycles. The van der Waals surface area contributed by atoms with E-state index in [0.29, 0.717) is 12.0 Å². The van der Waals surface area contributed by atoms with Gasteiger partial charge < -0.3 is 15.8 Å². The van der Waals surface area contributed by atoms with E-state index in [0.717, 1.165) is 12.8 Å². The second-order valence-corrected chi connectivity index (χ2v) is 4.90. The molecule has 1 aromatic rings. The van der Waals surface area contributed by atoms with E-state index < -0.39 is 18.7 Å². The molecule has 0 fully saturated rings. The number of hydrogen-bond acceptors (Lipinski definition) is 3. The van der Waals surface area contributed by atoms with Crippen molar-refractivity contribution in [2.45, 2.75) is 51.8 Å². The van der Waals surface area contributed by atoms with Gasteiger partial charge in [0, 0.05) is 5.56 Å². The lowest BCUT2D eigenvalue weighted by Crippen LogP contribution is -2.41. The number of para-hydroxylation sites is 1. The third kappa shape index (κ3) is 5.67. The summed E-state index contributed by atoms with van der Waals surface area (Å²) in [5.41, 5.74) is 6.28. The summed E-state index contributed by atoms with van der Waals surface area (Å²) in [6.45, 7) is 0.823. The Kier molecular flexibility index (Phi) is 7.08. The summed E-state index contributed by atoms with van der Waals surface area (Å²) >= 11 is 0. The second-order valence-electron chi connectivity index (χ2n) is 4.90. The van der Waals surface area contributed by atoms with Gasteiger partial charge in [-0.05, 0) is 19.4 Å². The van der Waals surface area contributed by atoms with Gasteiger partial charge in [-0.1, -0.05) is 38.0 Å². The van der Waals surface area contributed by atoms with Gasteiger partial charge in [0.15, 0.2) is 0 Å². The first-order valence-corrected chi connectivity index (χ1v) is 7.05. The van der Waals surface area contributed by atoms with Crippen molar-refractivity contribution in [1.82, 2.24) is 5.32 Å². The average molecular weight is 300 g/mol. The van der Waals surface area contributed by atoms with Gasteiger partial charge >= 0.3 is 6.61 Å². The maximum absolute atomic E-state index is 12.4. The maximum atomic E-state index is 12.4. The molecule has 1 aromatic carbocycles. The number of unbranched alkanes of at least 4 members (excludes halogenated alkanes) is 1. The van der Waals surface area contributed by atoms with Crippen molar-refractivity contribution in [3.8, 4) is 5.75 Å². The van der Waals surface area contributed by atoms with Crippen LogP contribution in [0.2, 0.25) is 0 Å². The largest absolute Gasteiger partial charge is 0.434 e. The SMILES string of the molecule is CCCCC(N)C(=O)NC(C)c1ccccc1OC(F)F. The van der Waals surface area contributed by atoms with Crippen LogP contribution >= 0.6 is 0 Å². The van der Waals surface area contributed by atoms with Crippen molar-refractivity contribution in [2.24, 2.45) is 5.73 Å². The fourth-order valence-electron chi connectivity index (χ4n) is 1.99. The summed E-state index contributed by atoms with van der Waals surface area (Å²) in [4.78, 5) is 11.9. The zero-order valence-electron chi connectivity index (χ0n) is 12.3. The Bertz CT molecular complexity index is 455. The number of carbonyl (C=O) groups is 1. The van der Waals surface area contributed by atoms with Crippen LogP contribution in [0.3, 0.4) is 0 Å². The van der Waals surface area contributed by atoms with Gasteiger partial charge in [0.05, 0.1) is 12.1 Å². The van der Waals surface area contributed by atoms with Crippen molar-refractivity contribution in [2.75, 3.05) is 0 Å². The van der Waals surface area contributed by atoms with Crippen molar-refractivity contribution in [3.63, 3.8) is 0 Å². The third-order valence-electron chi connectivity index (χ3n) is 3.17. The number of nitrogens with two attached hydrogens (primary N) is 1. The van der Waals surface area contributed by atoms with Crippen LogP contribution in [0, 0.1) is 0 Å². The van der Waals surface area contributed by atoms with E-state index in [4.69, 9.17) is 5.73 Å². The Morgan fingerprint density at radius 1 is 1.38 bits per heavy atom. The number of nitrogens with one attached hydrogen (secondary N) is 1. The Labute approximate surface area is 123 Å². The minimum absolute atomic E-state index is 0.0578. The first kappa shape index (κ1) is 17.4. The molecule has 1 rings (SSSR count). The van der Waals surface area contributed by atoms with Crippen molar-refractivity contribution >= 4 is 5.91 Å². The summed E-state index contributed by atoms with van der Waals surface area (Å²) in [6.07, 6.45) is 2.43. The molecule has 0 aliphatic rings. The molecule has 1 amide bonds. The van der Waals surface area contributed by atoms with Gasteiger partial charge in [-0.15, -0.1) is 0 Å². The molecule has 0 heterocycles.